The van der Waals surface area contributed by atoms with Gasteiger partial charge in [-0.05, 0) is 24.5 Å². The third kappa shape index (κ3) is 2.86. The average Bonchev–Trinajstić information content (AvgIpc) is 2.74. The largest absolute Gasteiger partial charge is 0.319 e. The Hall–Kier alpha value is -0.840. The van der Waals surface area contributed by atoms with Crippen molar-refractivity contribution in [2.75, 3.05) is 0 Å². The minimum Gasteiger partial charge on any atom is -0.319 e. The first kappa shape index (κ1) is 14.6. The number of nitrogens with two attached hydrogens (primary N) is 1. The van der Waals surface area contributed by atoms with Crippen molar-refractivity contribution in [2.24, 2.45) is 5.73 Å². The summed E-state index contributed by atoms with van der Waals surface area (Å²) in [7, 11) is 0. The number of rotatable bonds is 4. The summed E-state index contributed by atoms with van der Waals surface area (Å²) < 4.78 is 2.92. The molecule has 0 radical (unpaired) electrons. The molecule has 0 fully saturated rings. The Bertz CT molecular complexity index is 580. The fourth-order valence-electron chi connectivity index (χ4n) is 2.13. The summed E-state index contributed by atoms with van der Waals surface area (Å²) in [5, 5.41) is 4.91. The Kier molecular flexibility index (Phi) is 4.66. The second kappa shape index (κ2) is 6.07. The molecule has 0 amide bonds. The third-order valence-corrected chi connectivity index (χ3v) is 4.49. The van der Waals surface area contributed by atoms with E-state index in [0.29, 0.717) is 5.02 Å². The van der Waals surface area contributed by atoms with Crippen molar-refractivity contribution in [3.8, 4) is 0 Å². The molecule has 1 unspecified atom stereocenters. The second-order valence-electron chi connectivity index (χ2n) is 4.56. The molecule has 1 aromatic carbocycles. The van der Waals surface area contributed by atoms with Crippen LogP contribution in [-0.2, 0) is 6.54 Å². The van der Waals surface area contributed by atoms with Crippen molar-refractivity contribution in [2.45, 2.75) is 32.9 Å². The van der Waals surface area contributed by atoms with Gasteiger partial charge in [0.1, 0.15) is 0 Å². The van der Waals surface area contributed by atoms with E-state index in [-0.39, 0.29) is 6.04 Å². The van der Waals surface area contributed by atoms with Gasteiger partial charge >= 0.3 is 0 Å². The minimum atomic E-state index is -0.282. The highest BCUT2D eigenvalue weighted by molar-refractivity contribution is 9.10. The molecule has 0 aliphatic heterocycles. The Morgan fingerprint density at radius 3 is 2.89 bits per heavy atom. The SMILES string of the molecule is CCCn1ncc(Cl)c1C(N)c1cccc(C)c1Br. The van der Waals surface area contributed by atoms with E-state index in [9.17, 15) is 0 Å². The molecule has 0 spiro atoms. The van der Waals surface area contributed by atoms with Crippen LogP contribution in [0, 0.1) is 6.92 Å². The first-order chi connectivity index (χ1) is 9.06. The lowest BCUT2D eigenvalue weighted by Crippen LogP contribution is -2.18. The third-order valence-electron chi connectivity index (χ3n) is 3.12. The molecule has 5 heteroatoms. The maximum atomic E-state index is 6.39. The van der Waals surface area contributed by atoms with Gasteiger partial charge in [0.2, 0.25) is 0 Å². The molecule has 2 rings (SSSR count). The highest BCUT2D eigenvalue weighted by atomic mass is 79.9. The van der Waals surface area contributed by atoms with E-state index >= 15 is 0 Å². The molecular weight excluding hydrogens is 326 g/mol. The van der Waals surface area contributed by atoms with Crippen LogP contribution in [-0.4, -0.2) is 9.78 Å². The van der Waals surface area contributed by atoms with Gasteiger partial charge in [0, 0.05) is 11.0 Å². The Labute approximate surface area is 126 Å². The van der Waals surface area contributed by atoms with Gasteiger partial charge in [-0.1, -0.05) is 52.7 Å². The zero-order chi connectivity index (χ0) is 14.0. The Morgan fingerprint density at radius 1 is 1.47 bits per heavy atom. The average molecular weight is 343 g/mol. The highest BCUT2D eigenvalue weighted by Gasteiger charge is 2.20. The van der Waals surface area contributed by atoms with Crippen molar-refractivity contribution in [3.63, 3.8) is 0 Å². The zero-order valence-electron chi connectivity index (χ0n) is 11.0. The number of aromatic nitrogens is 2. The van der Waals surface area contributed by atoms with Crippen molar-refractivity contribution in [3.05, 3.63) is 50.7 Å². The first-order valence-corrected chi connectivity index (χ1v) is 7.45. The van der Waals surface area contributed by atoms with Gasteiger partial charge in [0.15, 0.2) is 0 Å². The normalized spacial score (nSPS) is 12.7. The summed E-state index contributed by atoms with van der Waals surface area (Å²) in [6, 6.07) is 5.78. The maximum Gasteiger partial charge on any atom is 0.0837 e. The van der Waals surface area contributed by atoms with E-state index in [1.807, 2.05) is 29.8 Å². The Balaban J connectivity index is 2.46. The van der Waals surface area contributed by atoms with Crippen LogP contribution in [0.4, 0.5) is 0 Å². The van der Waals surface area contributed by atoms with Crippen LogP contribution in [0.5, 0.6) is 0 Å². The molecule has 0 aliphatic carbocycles. The first-order valence-electron chi connectivity index (χ1n) is 6.28. The standard InChI is InChI=1S/C14H17BrClN3/c1-3-7-19-14(11(16)8-18-19)13(17)10-6-4-5-9(2)12(10)15/h4-6,8,13H,3,7,17H2,1-2H3. The second-order valence-corrected chi connectivity index (χ2v) is 5.76. The van der Waals surface area contributed by atoms with Gasteiger partial charge in [-0.2, -0.15) is 5.10 Å². The van der Waals surface area contributed by atoms with E-state index in [1.165, 1.54) is 0 Å². The molecule has 0 saturated heterocycles. The number of benzene rings is 1. The molecule has 0 saturated carbocycles. The van der Waals surface area contributed by atoms with Crippen LogP contribution in [0.15, 0.2) is 28.9 Å². The highest BCUT2D eigenvalue weighted by Crippen LogP contribution is 2.32. The van der Waals surface area contributed by atoms with Crippen LogP contribution in [0.1, 0.15) is 36.2 Å². The predicted octanol–water partition coefficient (Wildman–Crippen LogP) is 4.07. The molecular formula is C14H17BrClN3. The topological polar surface area (TPSA) is 43.8 Å². The van der Waals surface area contributed by atoms with Crippen molar-refractivity contribution in [1.82, 2.24) is 9.78 Å². The monoisotopic (exact) mass is 341 g/mol. The van der Waals surface area contributed by atoms with E-state index in [0.717, 1.165) is 34.3 Å². The molecule has 0 aliphatic rings. The molecule has 2 aromatic rings. The fourth-order valence-corrected chi connectivity index (χ4v) is 2.90. The molecule has 0 bridgehead atoms. The fraction of sp³-hybridized carbons (Fsp3) is 0.357. The van der Waals surface area contributed by atoms with Crippen molar-refractivity contribution in [1.29, 1.82) is 0 Å². The van der Waals surface area contributed by atoms with Crippen LogP contribution < -0.4 is 5.73 Å². The smallest absolute Gasteiger partial charge is 0.0837 e. The number of halogens is 2. The summed E-state index contributed by atoms with van der Waals surface area (Å²) in [5.74, 6) is 0. The van der Waals surface area contributed by atoms with Crippen LogP contribution in [0.2, 0.25) is 5.02 Å². The molecule has 3 nitrogen and oxygen atoms in total. The number of aryl methyl sites for hydroxylation is 2. The van der Waals surface area contributed by atoms with Crippen LogP contribution >= 0.6 is 27.5 Å². The van der Waals surface area contributed by atoms with Gasteiger partial charge in [-0.15, -0.1) is 0 Å². The molecule has 19 heavy (non-hydrogen) atoms. The summed E-state index contributed by atoms with van der Waals surface area (Å²) >= 11 is 9.84. The van der Waals surface area contributed by atoms with Gasteiger partial charge in [-0.3, -0.25) is 4.68 Å². The van der Waals surface area contributed by atoms with Crippen molar-refractivity contribution < 1.29 is 0 Å². The maximum absolute atomic E-state index is 6.39. The lowest BCUT2D eigenvalue weighted by atomic mass is 10.0. The Morgan fingerprint density at radius 2 is 2.21 bits per heavy atom. The van der Waals surface area contributed by atoms with Gasteiger partial charge in [0.25, 0.3) is 0 Å². The van der Waals surface area contributed by atoms with Crippen molar-refractivity contribution >= 4 is 27.5 Å². The number of hydrogen-bond acceptors (Lipinski definition) is 2. The molecule has 2 N–H and O–H groups in total. The summed E-state index contributed by atoms with van der Waals surface area (Å²) in [5.41, 5.74) is 9.44. The minimum absolute atomic E-state index is 0.282. The van der Waals surface area contributed by atoms with Gasteiger partial charge in [-0.25, -0.2) is 0 Å². The summed E-state index contributed by atoms with van der Waals surface area (Å²) in [4.78, 5) is 0. The summed E-state index contributed by atoms with van der Waals surface area (Å²) in [6.07, 6.45) is 2.66. The predicted molar refractivity (Wildman–Crippen MR) is 82.4 cm³/mol. The lowest BCUT2D eigenvalue weighted by Gasteiger charge is -2.17. The molecule has 102 valence electrons. The van der Waals surface area contributed by atoms with Gasteiger partial charge in [0.05, 0.1) is 23.0 Å². The zero-order valence-corrected chi connectivity index (χ0v) is 13.4. The van der Waals surface area contributed by atoms with E-state index in [2.05, 4.69) is 28.0 Å². The lowest BCUT2D eigenvalue weighted by molar-refractivity contribution is 0.559. The van der Waals surface area contributed by atoms with E-state index < -0.39 is 0 Å². The molecule has 1 aromatic heterocycles. The number of nitrogens with zero attached hydrogens (tertiary/aromatic N) is 2. The number of hydrogen-bond donors (Lipinski definition) is 1. The summed E-state index contributed by atoms with van der Waals surface area (Å²) in [6.45, 7) is 4.97. The molecule has 1 atom stereocenters. The van der Waals surface area contributed by atoms with Gasteiger partial charge < -0.3 is 5.73 Å². The molecule has 1 heterocycles. The quantitative estimate of drug-likeness (QED) is 0.910. The van der Waals surface area contributed by atoms with E-state index in [4.69, 9.17) is 17.3 Å². The van der Waals surface area contributed by atoms with Crippen LogP contribution in [0.25, 0.3) is 0 Å². The van der Waals surface area contributed by atoms with E-state index in [1.54, 1.807) is 6.20 Å². The van der Waals surface area contributed by atoms with Crippen LogP contribution in [0.3, 0.4) is 0 Å².